The fourth-order valence-electron chi connectivity index (χ4n) is 4.27. The second-order valence-corrected chi connectivity index (χ2v) is 10.2. The second kappa shape index (κ2) is 7.62. The molecule has 3 heterocycles. The van der Waals surface area contributed by atoms with Crippen molar-refractivity contribution in [2.75, 3.05) is 11.9 Å². The van der Waals surface area contributed by atoms with E-state index in [0.29, 0.717) is 22.6 Å². The Kier molecular flexibility index (Phi) is 4.91. The van der Waals surface area contributed by atoms with Gasteiger partial charge in [0.05, 0.1) is 6.04 Å². The maximum absolute atomic E-state index is 13.2. The molecule has 0 saturated carbocycles. The largest absolute Gasteiger partial charge is 0.339 e. The van der Waals surface area contributed by atoms with Crippen molar-refractivity contribution >= 4 is 38.8 Å². The van der Waals surface area contributed by atoms with Crippen LogP contribution in [0.2, 0.25) is 0 Å². The van der Waals surface area contributed by atoms with Gasteiger partial charge in [-0.15, -0.1) is 15.7 Å². The SMILES string of the molecule is CCC1c2ccsc2CCN1C(=O)c1ccc(NC2=NS(=O)(=O)c3ccccc32)cc1. The van der Waals surface area contributed by atoms with Crippen LogP contribution in [0.3, 0.4) is 0 Å². The number of benzene rings is 2. The molecule has 0 radical (unpaired) electrons. The number of amides is 1. The van der Waals surface area contributed by atoms with Crippen LogP contribution in [0.5, 0.6) is 0 Å². The summed E-state index contributed by atoms with van der Waals surface area (Å²) >= 11 is 1.77. The third-order valence-electron chi connectivity index (χ3n) is 5.77. The van der Waals surface area contributed by atoms with E-state index in [-0.39, 0.29) is 16.8 Å². The Morgan fingerprint density at radius 2 is 1.94 bits per heavy atom. The fraction of sp³-hybridized carbons (Fsp3) is 0.217. The van der Waals surface area contributed by atoms with Crippen LogP contribution in [0.4, 0.5) is 5.69 Å². The minimum absolute atomic E-state index is 0.0152. The number of anilines is 1. The Morgan fingerprint density at radius 3 is 2.71 bits per heavy atom. The Hall–Kier alpha value is -2.97. The second-order valence-electron chi connectivity index (χ2n) is 7.59. The quantitative estimate of drug-likeness (QED) is 0.638. The van der Waals surface area contributed by atoms with Gasteiger partial charge in [0.25, 0.3) is 15.9 Å². The number of fused-ring (bicyclic) bond motifs is 2. The average molecular weight is 452 g/mol. The van der Waals surface area contributed by atoms with Crippen LogP contribution in [0.1, 0.15) is 45.7 Å². The van der Waals surface area contributed by atoms with Gasteiger partial charge in [0.2, 0.25) is 0 Å². The number of hydrogen-bond acceptors (Lipinski definition) is 5. The topological polar surface area (TPSA) is 78.8 Å². The summed E-state index contributed by atoms with van der Waals surface area (Å²) < 4.78 is 28.3. The van der Waals surface area contributed by atoms with Crippen molar-refractivity contribution in [3.05, 3.63) is 81.5 Å². The number of carbonyl (C=O) groups excluding carboxylic acids is 1. The summed E-state index contributed by atoms with van der Waals surface area (Å²) in [7, 11) is -3.67. The normalized spacial score (nSPS) is 18.8. The molecule has 5 rings (SSSR count). The summed E-state index contributed by atoms with van der Waals surface area (Å²) in [5, 5.41) is 5.18. The number of nitrogens with one attached hydrogen (secondary N) is 1. The highest BCUT2D eigenvalue weighted by Gasteiger charge is 2.31. The molecule has 0 spiro atoms. The predicted molar refractivity (Wildman–Crippen MR) is 122 cm³/mol. The number of thiophene rings is 1. The lowest BCUT2D eigenvalue weighted by Gasteiger charge is -2.35. The number of amidine groups is 1. The maximum Gasteiger partial charge on any atom is 0.285 e. The Bertz CT molecular complexity index is 1290. The molecule has 31 heavy (non-hydrogen) atoms. The van der Waals surface area contributed by atoms with E-state index in [1.807, 2.05) is 4.90 Å². The molecule has 1 atom stereocenters. The lowest BCUT2D eigenvalue weighted by atomic mass is 9.97. The van der Waals surface area contributed by atoms with Gasteiger partial charge < -0.3 is 10.2 Å². The van der Waals surface area contributed by atoms with Gasteiger partial charge in [-0.2, -0.15) is 8.42 Å². The van der Waals surface area contributed by atoms with Crippen molar-refractivity contribution in [1.29, 1.82) is 0 Å². The van der Waals surface area contributed by atoms with Crippen molar-refractivity contribution in [2.24, 2.45) is 4.40 Å². The molecule has 1 aromatic heterocycles. The van der Waals surface area contributed by atoms with E-state index in [1.165, 1.54) is 10.4 Å². The zero-order valence-corrected chi connectivity index (χ0v) is 18.5. The molecule has 2 aliphatic heterocycles. The number of hydrogen-bond donors (Lipinski definition) is 1. The van der Waals surface area contributed by atoms with E-state index < -0.39 is 10.0 Å². The van der Waals surface area contributed by atoms with E-state index in [2.05, 4.69) is 28.1 Å². The Labute approximate surface area is 185 Å². The van der Waals surface area contributed by atoms with Gasteiger partial charge in [0, 0.05) is 28.2 Å². The first kappa shape index (κ1) is 20.0. The smallest absolute Gasteiger partial charge is 0.285 e. The molecule has 1 unspecified atom stereocenters. The van der Waals surface area contributed by atoms with Crippen LogP contribution in [0, 0.1) is 0 Å². The molecule has 0 bridgehead atoms. The number of rotatable bonds is 3. The van der Waals surface area contributed by atoms with Crippen LogP contribution in [-0.2, 0) is 16.4 Å². The molecule has 3 aromatic rings. The van der Waals surface area contributed by atoms with E-state index in [9.17, 15) is 13.2 Å². The highest BCUT2D eigenvalue weighted by molar-refractivity contribution is 7.90. The monoisotopic (exact) mass is 451 g/mol. The van der Waals surface area contributed by atoms with Gasteiger partial charge in [-0.1, -0.05) is 19.1 Å². The zero-order chi connectivity index (χ0) is 21.6. The molecular weight excluding hydrogens is 430 g/mol. The average Bonchev–Trinajstić information content (AvgIpc) is 3.36. The third kappa shape index (κ3) is 3.45. The highest BCUT2D eigenvalue weighted by Crippen LogP contribution is 2.36. The minimum atomic E-state index is -3.67. The number of nitrogens with zero attached hydrogens (tertiary/aromatic N) is 2. The standard InChI is InChI=1S/C23H21N3O3S2/c1-2-19-17-12-14-30-20(17)11-13-26(19)23(27)15-7-9-16(10-8-15)24-22-18-5-3-4-6-21(18)31(28,29)25-22/h3-10,12,14,19H,2,11,13H2,1H3,(H,24,25). The van der Waals surface area contributed by atoms with Crippen molar-refractivity contribution in [3.63, 3.8) is 0 Å². The molecule has 158 valence electrons. The summed E-state index contributed by atoms with van der Waals surface area (Å²) in [5.41, 5.74) is 3.11. The van der Waals surface area contributed by atoms with Gasteiger partial charge >= 0.3 is 0 Å². The lowest BCUT2D eigenvalue weighted by molar-refractivity contribution is 0.0657. The first-order valence-corrected chi connectivity index (χ1v) is 12.5. The third-order valence-corrected chi connectivity index (χ3v) is 8.10. The molecule has 8 heteroatoms. The summed E-state index contributed by atoms with van der Waals surface area (Å²) in [4.78, 5) is 16.8. The van der Waals surface area contributed by atoms with E-state index in [4.69, 9.17) is 0 Å². The lowest BCUT2D eigenvalue weighted by Crippen LogP contribution is -2.39. The van der Waals surface area contributed by atoms with E-state index in [1.54, 1.807) is 59.9 Å². The zero-order valence-electron chi connectivity index (χ0n) is 16.9. The minimum Gasteiger partial charge on any atom is -0.339 e. The Balaban J connectivity index is 1.36. The molecule has 1 N–H and O–H groups in total. The summed E-state index contributed by atoms with van der Waals surface area (Å²) in [5.74, 6) is 0.308. The number of carbonyl (C=O) groups is 1. The fourth-order valence-corrected chi connectivity index (χ4v) is 6.38. The molecule has 2 aromatic carbocycles. The van der Waals surface area contributed by atoms with Gasteiger partial charge in [-0.3, -0.25) is 4.79 Å². The highest BCUT2D eigenvalue weighted by atomic mass is 32.2. The summed E-state index contributed by atoms with van der Waals surface area (Å²) in [6.45, 7) is 2.83. The van der Waals surface area contributed by atoms with Gasteiger partial charge in [-0.05, 0) is 66.2 Å². The van der Waals surface area contributed by atoms with Gasteiger partial charge in [0.1, 0.15) is 4.90 Å². The molecule has 0 fully saturated rings. The first-order chi connectivity index (χ1) is 15.0. The molecule has 6 nitrogen and oxygen atoms in total. The Morgan fingerprint density at radius 1 is 1.16 bits per heavy atom. The maximum atomic E-state index is 13.2. The van der Waals surface area contributed by atoms with Gasteiger partial charge in [-0.25, -0.2) is 0 Å². The van der Waals surface area contributed by atoms with Gasteiger partial charge in [0.15, 0.2) is 5.84 Å². The van der Waals surface area contributed by atoms with Crippen molar-refractivity contribution < 1.29 is 13.2 Å². The van der Waals surface area contributed by atoms with E-state index in [0.717, 1.165) is 19.4 Å². The molecule has 1 amide bonds. The first-order valence-electron chi connectivity index (χ1n) is 10.2. The predicted octanol–water partition coefficient (Wildman–Crippen LogP) is 4.46. The van der Waals surface area contributed by atoms with Crippen LogP contribution in [-0.4, -0.2) is 31.6 Å². The van der Waals surface area contributed by atoms with Crippen molar-refractivity contribution in [3.8, 4) is 0 Å². The van der Waals surface area contributed by atoms with Crippen LogP contribution in [0.15, 0.2) is 69.3 Å². The molecule has 0 saturated heterocycles. The molecular formula is C23H21N3O3S2. The number of sulfonamides is 1. The van der Waals surface area contributed by atoms with Crippen LogP contribution in [0.25, 0.3) is 0 Å². The summed E-state index contributed by atoms with van der Waals surface area (Å²) in [6.07, 6.45) is 1.77. The van der Waals surface area contributed by atoms with Crippen molar-refractivity contribution in [2.45, 2.75) is 30.7 Å². The summed E-state index contributed by atoms with van der Waals surface area (Å²) in [6, 6.07) is 16.1. The molecule has 0 aliphatic carbocycles. The molecule has 2 aliphatic rings. The van der Waals surface area contributed by atoms with E-state index >= 15 is 0 Å². The van der Waals surface area contributed by atoms with Crippen LogP contribution >= 0.6 is 11.3 Å². The van der Waals surface area contributed by atoms with Crippen LogP contribution < -0.4 is 5.32 Å². The van der Waals surface area contributed by atoms with Crippen molar-refractivity contribution in [1.82, 2.24) is 4.90 Å².